The Kier molecular flexibility index (Phi) is 10.4. The van der Waals surface area contributed by atoms with E-state index in [1.54, 1.807) is 19.9 Å². The molecular formula is C14H26IO5P. The quantitative estimate of drug-likeness (QED) is 0.289. The third kappa shape index (κ3) is 8.09. The van der Waals surface area contributed by atoms with Crippen LogP contribution in [0.2, 0.25) is 0 Å². The molecule has 1 aliphatic heterocycles. The van der Waals surface area contributed by atoms with Crippen molar-refractivity contribution in [3.05, 3.63) is 11.9 Å². The third-order valence-electron chi connectivity index (χ3n) is 2.96. The number of alkyl halides is 1. The molecule has 1 heterocycles. The molecule has 7 heteroatoms. The Labute approximate surface area is 141 Å². The summed E-state index contributed by atoms with van der Waals surface area (Å²) in [5.74, 6) is 1.53. The van der Waals surface area contributed by atoms with E-state index < -0.39 is 7.60 Å². The van der Waals surface area contributed by atoms with Gasteiger partial charge in [-0.15, -0.1) is 0 Å². The maximum atomic E-state index is 12.4. The Morgan fingerprint density at radius 2 is 2.05 bits per heavy atom. The van der Waals surface area contributed by atoms with Crippen molar-refractivity contribution >= 4 is 30.2 Å². The van der Waals surface area contributed by atoms with Gasteiger partial charge in [-0.3, -0.25) is 4.57 Å². The van der Waals surface area contributed by atoms with E-state index in [4.69, 9.17) is 18.5 Å². The maximum absolute atomic E-state index is 12.4. The van der Waals surface area contributed by atoms with Crippen LogP contribution in [-0.4, -0.2) is 36.6 Å². The molecular weight excluding hydrogens is 406 g/mol. The second-order valence-electron chi connectivity index (χ2n) is 4.67. The number of halogens is 1. The topological polar surface area (TPSA) is 54.0 Å². The van der Waals surface area contributed by atoms with Gasteiger partial charge in [-0.05, 0) is 45.6 Å². The summed E-state index contributed by atoms with van der Waals surface area (Å²) in [7, 11) is -3.15. The van der Waals surface area contributed by atoms with E-state index in [9.17, 15) is 4.57 Å². The van der Waals surface area contributed by atoms with Crippen LogP contribution >= 0.6 is 30.2 Å². The molecule has 0 aromatic carbocycles. The number of rotatable bonds is 10. The summed E-state index contributed by atoms with van der Waals surface area (Å²) < 4.78 is 35.4. The molecule has 1 fully saturated rings. The summed E-state index contributed by atoms with van der Waals surface area (Å²) in [6.07, 6.45) is 5.49. The van der Waals surface area contributed by atoms with Gasteiger partial charge < -0.3 is 18.5 Å². The molecule has 2 atom stereocenters. The summed E-state index contributed by atoms with van der Waals surface area (Å²) in [6.45, 7) is 5.06. The van der Waals surface area contributed by atoms with Crippen molar-refractivity contribution in [3.8, 4) is 0 Å². The average molecular weight is 432 g/mol. The minimum atomic E-state index is -3.15. The van der Waals surface area contributed by atoms with Crippen LogP contribution in [0.25, 0.3) is 0 Å². The minimum absolute atomic E-state index is 0.126. The zero-order valence-electron chi connectivity index (χ0n) is 12.8. The van der Waals surface area contributed by atoms with Gasteiger partial charge >= 0.3 is 7.60 Å². The fourth-order valence-corrected chi connectivity index (χ4v) is 4.00. The smallest absolute Gasteiger partial charge is 0.353 e. The summed E-state index contributed by atoms with van der Waals surface area (Å²) in [6, 6.07) is 0. The molecule has 0 unspecified atom stereocenters. The predicted molar refractivity (Wildman–Crippen MR) is 92.0 cm³/mol. The number of ether oxygens (including phenoxy) is 2. The van der Waals surface area contributed by atoms with Gasteiger partial charge in [-0.2, -0.15) is 0 Å². The first-order valence-electron chi connectivity index (χ1n) is 7.54. The fourth-order valence-electron chi connectivity index (χ4n) is 2.02. The monoisotopic (exact) mass is 432 g/mol. The lowest BCUT2D eigenvalue weighted by atomic mass is 10.2. The highest BCUT2D eigenvalue weighted by atomic mass is 127. The fraction of sp³-hybridized carbons (Fsp3) is 0.857. The van der Waals surface area contributed by atoms with Gasteiger partial charge in [-0.1, -0.05) is 22.6 Å². The van der Waals surface area contributed by atoms with Gasteiger partial charge in [0.05, 0.1) is 19.3 Å². The predicted octanol–water partition coefficient (Wildman–Crippen LogP) is 4.50. The van der Waals surface area contributed by atoms with Crippen LogP contribution in [0.4, 0.5) is 0 Å². The molecule has 0 amide bonds. The SMILES string of the molecule is CCOP(=O)(C=C[C@@H](CCI)O[C@H]1CCCCO1)OCC. The maximum Gasteiger partial charge on any atom is 0.353 e. The molecule has 21 heavy (non-hydrogen) atoms. The highest BCUT2D eigenvalue weighted by molar-refractivity contribution is 14.1. The van der Waals surface area contributed by atoms with Gasteiger partial charge in [0.25, 0.3) is 0 Å². The van der Waals surface area contributed by atoms with Gasteiger partial charge in [0.1, 0.15) is 0 Å². The summed E-state index contributed by atoms with van der Waals surface area (Å²) >= 11 is 2.30. The number of hydrogen-bond acceptors (Lipinski definition) is 5. The van der Waals surface area contributed by atoms with Crippen molar-refractivity contribution in [3.63, 3.8) is 0 Å². The van der Waals surface area contributed by atoms with Crippen molar-refractivity contribution in [2.24, 2.45) is 0 Å². The lowest BCUT2D eigenvalue weighted by Gasteiger charge is -2.26. The first-order chi connectivity index (χ1) is 10.1. The first-order valence-corrected chi connectivity index (χ1v) is 10.7. The third-order valence-corrected chi connectivity index (χ3v) is 5.36. The first kappa shape index (κ1) is 19.6. The second kappa shape index (κ2) is 11.1. The zero-order chi connectivity index (χ0) is 15.6. The van der Waals surface area contributed by atoms with Gasteiger partial charge in [-0.25, -0.2) is 0 Å². The van der Waals surface area contributed by atoms with E-state index in [-0.39, 0.29) is 12.4 Å². The molecule has 0 bridgehead atoms. The second-order valence-corrected chi connectivity index (χ2v) is 7.64. The summed E-state index contributed by atoms with van der Waals surface area (Å²) in [5, 5.41) is 0. The van der Waals surface area contributed by atoms with Crippen molar-refractivity contribution < 1.29 is 23.1 Å². The van der Waals surface area contributed by atoms with Crippen LogP contribution in [0.5, 0.6) is 0 Å². The molecule has 0 aromatic heterocycles. The number of hydrogen-bond donors (Lipinski definition) is 0. The molecule has 0 N–H and O–H groups in total. The lowest BCUT2D eigenvalue weighted by molar-refractivity contribution is -0.178. The van der Waals surface area contributed by atoms with Crippen molar-refractivity contribution in [2.45, 2.75) is 51.9 Å². The standard InChI is InChI=1S/C14H26IO5P/c1-3-18-21(16,19-4-2)12-9-13(8-10-15)20-14-7-5-6-11-17-14/h9,12-14H,3-8,10-11H2,1-2H3/t13-,14+/m1/s1. The largest absolute Gasteiger partial charge is 0.353 e. The average Bonchev–Trinajstić information content (AvgIpc) is 2.47. The van der Waals surface area contributed by atoms with Crippen molar-refractivity contribution in [2.75, 3.05) is 24.2 Å². The van der Waals surface area contributed by atoms with E-state index in [2.05, 4.69) is 22.6 Å². The van der Waals surface area contributed by atoms with E-state index in [1.165, 1.54) is 5.82 Å². The van der Waals surface area contributed by atoms with Crippen molar-refractivity contribution in [1.29, 1.82) is 0 Å². The van der Waals surface area contributed by atoms with Crippen LogP contribution < -0.4 is 0 Å². The molecule has 0 spiro atoms. The molecule has 0 radical (unpaired) electrons. The van der Waals surface area contributed by atoms with E-state index in [1.807, 2.05) is 0 Å². The van der Waals surface area contributed by atoms with Crippen LogP contribution in [0.1, 0.15) is 39.5 Å². The van der Waals surface area contributed by atoms with Gasteiger partial charge in [0, 0.05) is 16.9 Å². The lowest BCUT2D eigenvalue weighted by Crippen LogP contribution is -2.27. The highest BCUT2D eigenvalue weighted by Gasteiger charge is 2.22. The van der Waals surface area contributed by atoms with Crippen molar-refractivity contribution in [1.82, 2.24) is 0 Å². The molecule has 0 aromatic rings. The normalized spacial score (nSPS) is 21.8. The van der Waals surface area contributed by atoms with Crippen LogP contribution in [0.15, 0.2) is 11.9 Å². The van der Waals surface area contributed by atoms with E-state index in [0.717, 1.165) is 36.7 Å². The Morgan fingerprint density at radius 3 is 2.57 bits per heavy atom. The molecule has 1 aliphatic rings. The molecule has 0 saturated carbocycles. The molecule has 1 rings (SSSR count). The van der Waals surface area contributed by atoms with Gasteiger partial charge in [0.15, 0.2) is 6.29 Å². The summed E-state index contributed by atoms with van der Waals surface area (Å²) in [4.78, 5) is 0. The Bertz CT molecular complexity index is 334. The van der Waals surface area contributed by atoms with Gasteiger partial charge in [0.2, 0.25) is 0 Å². The highest BCUT2D eigenvalue weighted by Crippen LogP contribution is 2.49. The van der Waals surface area contributed by atoms with E-state index in [0.29, 0.717) is 13.2 Å². The van der Waals surface area contributed by atoms with E-state index >= 15 is 0 Å². The van der Waals surface area contributed by atoms with Crippen LogP contribution in [0.3, 0.4) is 0 Å². The summed E-state index contributed by atoms with van der Waals surface area (Å²) in [5.41, 5.74) is 0. The van der Waals surface area contributed by atoms with Crippen LogP contribution in [0, 0.1) is 0 Å². The molecule has 0 aliphatic carbocycles. The Hall–Kier alpha value is 0.540. The molecule has 124 valence electrons. The minimum Gasteiger partial charge on any atom is -0.353 e. The zero-order valence-corrected chi connectivity index (χ0v) is 15.9. The Balaban J connectivity index is 2.61. The molecule has 5 nitrogen and oxygen atoms in total. The van der Waals surface area contributed by atoms with Crippen LogP contribution in [-0.2, 0) is 23.1 Å². The molecule has 1 saturated heterocycles. The Morgan fingerprint density at radius 1 is 1.33 bits per heavy atom.